The van der Waals surface area contributed by atoms with Gasteiger partial charge in [0.25, 0.3) is 0 Å². The normalized spacial score (nSPS) is 23.3. The third-order valence-corrected chi connectivity index (χ3v) is 7.78. The quantitative estimate of drug-likeness (QED) is 0.483. The Morgan fingerprint density at radius 2 is 1.95 bits per heavy atom. The minimum Gasteiger partial charge on any atom is -0.444 e. The van der Waals surface area contributed by atoms with E-state index in [1.54, 1.807) is 18.2 Å². The van der Waals surface area contributed by atoms with Gasteiger partial charge in [0, 0.05) is 31.3 Å². The van der Waals surface area contributed by atoms with Crippen molar-refractivity contribution < 1.29 is 28.2 Å². The lowest BCUT2D eigenvalue weighted by Gasteiger charge is -2.43. The van der Waals surface area contributed by atoms with E-state index in [0.29, 0.717) is 55.9 Å². The molecule has 1 aromatic carbocycles. The molecule has 12 heteroatoms. The molecule has 1 spiro atoms. The molecule has 2 fully saturated rings. The van der Waals surface area contributed by atoms with Gasteiger partial charge in [-0.2, -0.15) is 0 Å². The van der Waals surface area contributed by atoms with Crippen LogP contribution in [0.2, 0.25) is 0 Å². The van der Waals surface area contributed by atoms with Crippen LogP contribution in [0.15, 0.2) is 30.9 Å². The second-order valence-electron chi connectivity index (χ2n) is 12.2. The van der Waals surface area contributed by atoms with Crippen LogP contribution in [0.5, 0.6) is 0 Å². The average Bonchev–Trinajstić information content (AvgIpc) is 3.25. The van der Waals surface area contributed by atoms with Crippen LogP contribution in [-0.4, -0.2) is 73.1 Å². The van der Waals surface area contributed by atoms with E-state index in [9.17, 15) is 18.7 Å². The summed E-state index contributed by atoms with van der Waals surface area (Å²) in [5.41, 5.74) is -0.752. The number of fused-ring (bicyclic) bond motifs is 1. The van der Waals surface area contributed by atoms with Crippen LogP contribution in [0.1, 0.15) is 58.6 Å². The molecule has 4 heterocycles. The molecule has 2 aliphatic rings. The lowest BCUT2D eigenvalue weighted by Crippen LogP contribution is -2.47. The lowest BCUT2D eigenvalue weighted by molar-refractivity contribution is -0.0533. The van der Waals surface area contributed by atoms with Crippen molar-refractivity contribution in [2.45, 2.75) is 70.7 Å². The van der Waals surface area contributed by atoms with Gasteiger partial charge < -0.3 is 29.4 Å². The van der Waals surface area contributed by atoms with Crippen molar-refractivity contribution in [3.05, 3.63) is 48.1 Å². The van der Waals surface area contributed by atoms with Crippen LogP contribution in [-0.2, 0) is 16.0 Å². The lowest BCUT2D eigenvalue weighted by atomic mass is 9.72. The highest BCUT2D eigenvalue weighted by atomic mass is 19.1. The molecule has 2 atom stereocenters. The van der Waals surface area contributed by atoms with Crippen LogP contribution in [0.3, 0.4) is 0 Å². The molecule has 0 bridgehead atoms. The highest BCUT2D eigenvalue weighted by Gasteiger charge is 2.47. The van der Waals surface area contributed by atoms with E-state index in [-0.39, 0.29) is 30.2 Å². The molecular formula is C28H36F2N6O4. The number of imidazole rings is 1. The largest absolute Gasteiger partial charge is 0.444 e. The van der Waals surface area contributed by atoms with E-state index in [1.165, 1.54) is 18.5 Å². The van der Waals surface area contributed by atoms with E-state index in [4.69, 9.17) is 9.47 Å². The smallest absolute Gasteiger partial charge is 0.410 e. The number of aliphatic hydroxyl groups is 1. The number of aromatic nitrogens is 4. The molecule has 10 nitrogen and oxygen atoms in total. The molecular weight excluding hydrogens is 522 g/mol. The summed E-state index contributed by atoms with van der Waals surface area (Å²) >= 11 is 0. The van der Waals surface area contributed by atoms with Gasteiger partial charge in [-0.15, -0.1) is 0 Å². The maximum absolute atomic E-state index is 14.2. The zero-order valence-electron chi connectivity index (χ0n) is 23.3. The molecule has 2 aromatic heterocycles. The summed E-state index contributed by atoms with van der Waals surface area (Å²) in [6.45, 7) is 9.05. The minimum atomic E-state index is -1.21. The maximum Gasteiger partial charge on any atom is 0.410 e. The van der Waals surface area contributed by atoms with Gasteiger partial charge in [0.2, 0.25) is 0 Å². The number of benzene rings is 1. The van der Waals surface area contributed by atoms with Gasteiger partial charge in [-0.1, -0.05) is 6.07 Å². The Bertz CT molecular complexity index is 1380. The van der Waals surface area contributed by atoms with Gasteiger partial charge in [-0.3, -0.25) is 0 Å². The molecule has 0 saturated carbocycles. The van der Waals surface area contributed by atoms with E-state index < -0.39 is 28.9 Å². The van der Waals surface area contributed by atoms with Crippen molar-refractivity contribution in [3.8, 4) is 0 Å². The third kappa shape index (κ3) is 5.87. The number of nitrogens with zero attached hydrogens (tertiary/aromatic N) is 5. The highest BCUT2D eigenvalue weighted by Crippen LogP contribution is 2.46. The van der Waals surface area contributed by atoms with Gasteiger partial charge in [-0.25, -0.2) is 28.5 Å². The number of piperidine rings is 1. The number of anilines is 1. The fraction of sp³-hybridized carbons (Fsp3) is 0.571. The molecule has 216 valence electrons. The van der Waals surface area contributed by atoms with Crippen LogP contribution >= 0.6 is 0 Å². The number of rotatable bonds is 4. The number of likely N-dealkylation sites (tertiary alicyclic amines) is 1. The highest BCUT2D eigenvalue weighted by molar-refractivity contribution is 5.82. The fourth-order valence-corrected chi connectivity index (χ4v) is 5.55. The molecule has 1 amide bonds. The Balaban J connectivity index is 1.37. The summed E-state index contributed by atoms with van der Waals surface area (Å²) in [6, 6.07) is 3.01. The van der Waals surface area contributed by atoms with Gasteiger partial charge in [0.05, 0.1) is 25.6 Å². The number of hydrogen-bond donors (Lipinski definition) is 2. The second kappa shape index (κ2) is 10.5. The Hall–Kier alpha value is -3.38. The van der Waals surface area contributed by atoms with Crippen molar-refractivity contribution in [1.82, 2.24) is 24.4 Å². The van der Waals surface area contributed by atoms with Crippen molar-refractivity contribution in [3.63, 3.8) is 0 Å². The molecule has 0 aliphatic carbocycles. The van der Waals surface area contributed by atoms with Gasteiger partial charge in [-0.05, 0) is 58.4 Å². The maximum atomic E-state index is 14.2. The topological polar surface area (TPSA) is 115 Å². The Labute approximate surface area is 231 Å². The van der Waals surface area contributed by atoms with Gasteiger partial charge in [0.1, 0.15) is 34.7 Å². The van der Waals surface area contributed by atoms with Crippen LogP contribution in [0.25, 0.3) is 11.2 Å². The summed E-state index contributed by atoms with van der Waals surface area (Å²) in [5, 5.41) is 14.6. The van der Waals surface area contributed by atoms with Gasteiger partial charge >= 0.3 is 6.09 Å². The number of carbonyl (C=O) groups is 1. The second-order valence-corrected chi connectivity index (χ2v) is 12.2. The first-order valence-corrected chi connectivity index (χ1v) is 13.5. The summed E-state index contributed by atoms with van der Waals surface area (Å²) in [4.78, 5) is 27.6. The van der Waals surface area contributed by atoms with Crippen molar-refractivity contribution in [1.29, 1.82) is 0 Å². The molecule has 0 radical (unpaired) electrons. The monoisotopic (exact) mass is 558 g/mol. The first kappa shape index (κ1) is 28.2. The summed E-state index contributed by atoms with van der Waals surface area (Å²) in [6.07, 6.45) is 4.71. The van der Waals surface area contributed by atoms with Crippen molar-refractivity contribution >= 4 is 23.1 Å². The predicted molar refractivity (Wildman–Crippen MR) is 144 cm³/mol. The molecule has 2 N–H and O–H groups in total. The Morgan fingerprint density at radius 1 is 1.20 bits per heavy atom. The molecule has 40 heavy (non-hydrogen) atoms. The van der Waals surface area contributed by atoms with Crippen molar-refractivity contribution in [2.75, 3.05) is 31.6 Å². The number of carbonyl (C=O) groups excluding carboxylic acids is 1. The number of ether oxygens (including phenoxy) is 2. The third-order valence-electron chi connectivity index (χ3n) is 7.78. The Morgan fingerprint density at radius 3 is 2.65 bits per heavy atom. The fourth-order valence-electron chi connectivity index (χ4n) is 5.55. The predicted octanol–water partition coefficient (Wildman–Crippen LogP) is 4.45. The molecule has 5 rings (SSSR count). The van der Waals surface area contributed by atoms with E-state index in [2.05, 4.69) is 20.3 Å². The van der Waals surface area contributed by atoms with E-state index in [1.807, 2.05) is 25.3 Å². The van der Waals surface area contributed by atoms with E-state index >= 15 is 0 Å². The number of halogens is 2. The zero-order valence-corrected chi connectivity index (χ0v) is 23.3. The average molecular weight is 559 g/mol. The molecule has 2 saturated heterocycles. The standard InChI is InChI=1S/C28H36F2N6O4/c1-26(2,3)40-25(37)35-9-7-28(8-10-35)12-21(27(4,38)14-39-15-28)36-17-34-22-23(32-16-33-24(22)36)31-13-18-5-6-19(29)11-20(18)30/h5-6,11,16-17,21,38H,7-10,12-15H2,1-4H3,(H,31,32,33)/t21-,27-/m1/s1. The van der Waals surface area contributed by atoms with Crippen LogP contribution in [0.4, 0.5) is 19.4 Å². The molecule has 0 unspecified atom stereocenters. The van der Waals surface area contributed by atoms with E-state index in [0.717, 1.165) is 6.07 Å². The number of amides is 1. The molecule has 3 aromatic rings. The minimum absolute atomic E-state index is 0.0807. The molecule has 2 aliphatic heterocycles. The number of nitrogens with one attached hydrogen (secondary N) is 1. The Kier molecular flexibility index (Phi) is 7.43. The first-order chi connectivity index (χ1) is 18.9. The number of hydrogen-bond acceptors (Lipinski definition) is 8. The van der Waals surface area contributed by atoms with Crippen LogP contribution in [0, 0.1) is 17.0 Å². The van der Waals surface area contributed by atoms with Crippen molar-refractivity contribution in [2.24, 2.45) is 5.41 Å². The first-order valence-electron chi connectivity index (χ1n) is 13.5. The summed E-state index contributed by atoms with van der Waals surface area (Å²) in [5.74, 6) is -0.893. The summed E-state index contributed by atoms with van der Waals surface area (Å²) < 4.78 is 40.9. The summed E-state index contributed by atoms with van der Waals surface area (Å²) in [7, 11) is 0. The van der Waals surface area contributed by atoms with Gasteiger partial charge in [0.15, 0.2) is 11.5 Å². The zero-order chi connectivity index (χ0) is 28.7. The SMILES string of the molecule is CC(C)(C)OC(=O)N1CCC2(CC1)COC[C@@](C)(O)[C@H](n1cnc3c(NCc4ccc(F)cc4F)ncnc31)C2. The van der Waals surface area contributed by atoms with Crippen LogP contribution < -0.4 is 5.32 Å².